The highest BCUT2D eigenvalue weighted by atomic mass is 15.2. The molecule has 0 bridgehead atoms. The van der Waals surface area contributed by atoms with E-state index in [4.69, 9.17) is 5.84 Å². The molecule has 0 saturated heterocycles. The van der Waals surface area contributed by atoms with Crippen LogP contribution in [-0.4, -0.2) is 6.04 Å². The van der Waals surface area contributed by atoms with E-state index in [9.17, 15) is 0 Å². The Bertz CT molecular complexity index is 371. The molecule has 0 amide bonds. The molecule has 0 radical (unpaired) electrons. The van der Waals surface area contributed by atoms with Crippen LogP contribution in [0.1, 0.15) is 42.7 Å². The Morgan fingerprint density at radius 1 is 1.25 bits per heavy atom. The first-order chi connectivity index (χ1) is 7.86. The third-order valence-corrected chi connectivity index (χ3v) is 4.08. The zero-order valence-corrected chi connectivity index (χ0v) is 9.65. The fraction of sp³-hybridized carbons (Fsp3) is 0.571. The molecule has 1 aromatic carbocycles. The predicted octanol–water partition coefficient (Wildman–Crippen LogP) is 2.35. The summed E-state index contributed by atoms with van der Waals surface area (Å²) >= 11 is 0. The molecular weight excluding hydrogens is 196 g/mol. The van der Waals surface area contributed by atoms with Gasteiger partial charge < -0.3 is 0 Å². The average molecular weight is 216 g/mol. The molecule has 0 spiro atoms. The maximum Gasteiger partial charge on any atom is 0.0219 e. The van der Waals surface area contributed by atoms with Gasteiger partial charge in [-0.2, -0.15) is 0 Å². The van der Waals surface area contributed by atoms with Crippen molar-refractivity contribution in [3.63, 3.8) is 0 Å². The molecule has 3 N–H and O–H groups in total. The lowest BCUT2D eigenvalue weighted by atomic mass is 9.74. The molecule has 1 aromatic rings. The molecule has 16 heavy (non-hydrogen) atoms. The zero-order valence-electron chi connectivity index (χ0n) is 9.65. The Balaban J connectivity index is 1.59. The number of rotatable bonds is 5. The van der Waals surface area contributed by atoms with Gasteiger partial charge in [-0.1, -0.05) is 37.1 Å². The van der Waals surface area contributed by atoms with Gasteiger partial charge in [0.25, 0.3) is 0 Å². The zero-order chi connectivity index (χ0) is 11.0. The summed E-state index contributed by atoms with van der Waals surface area (Å²) in [4.78, 5) is 0. The monoisotopic (exact) mass is 216 g/mol. The summed E-state index contributed by atoms with van der Waals surface area (Å²) in [7, 11) is 0. The number of hydrogen-bond donors (Lipinski definition) is 2. The third-order valence-electron chi connectivity index (χ3n) is 4.08. The Labute approximate surface area is 97.2 Å². The second-order valence-corrected chi connectivity index (χ2v) is 5.38. The van der Waals surface area contributed by atoms with Gasteiger partial charge >= 0.3 is 0 Å². The van der Waals surface area contributed by atoms with Gasteiger partial charge in [0.15, 0.2) is 0 Å². The normalized spacial score (nSPS) is 24.7. The molecule has 1 fully saturated rings. The highest BCUT2D eigenvalue weighted by Gasteiger charge is 2.30. The minimum absolute atomic E-state index is 0.519. The lowest BCUT2D eigenvalue weighted by molar-refractivity contribution is 0.390. The van der Waals surface area contributed by atoms with Crippen LogP contribution < -0.4 is 11.3 Å². The van der Waals surface area contributed by atoms with Gasteiger partial charge in [0.2, 0.25) is 0 Å². The standard InChI is InChI=1S/C14H20N2/c15-16-13(7-10-5-6-10)9-12-8-11-3-1-2-4-14(11)12/h1-4,10,12-13,16H,5-9,15H2. The first-order valence-corrected chi connectivity index (χ1v) is 6.40. The number of fused-ring (bicyclic) bond motifs is 1. The summed E-state index contributed by atoms with van der Waals surface area (Å²) in [6.45, 7) is 0. The van der Waals surface area contributed by atoms with Gasteiger partial charge in [0.05, 0.1) is 0 Å². The van der Waals surface area contributed by atoms with Crippen LogP contribution in [0.2, 0.25) is 0 Å². The van der Waals surface area contributed by atoms with E-state index >= 15 is 0 Å². The molecule has 2 atom stereocenters. The molecule has 1 saturated carbocycles. The Morgan fingerprint density at radius 2 is 2.06 bits per heavy atom. The van der Waals surface area contributed by atoms with Crippen molar-refractivity contribution < 1.29 is 0 Å². The maximum absolute atomic E-state index is 5.65. The second-order valence-electron chi connectivity index (χ2n) is 5.38. The Hall–Kier alpha value is -0.860. The van der Waals surface area contributed by atoms with Gasteiger partial charge in [-0.05, 0) is 42.2 Å². The van der Waals surface area contributed by atoms with Gasteiger partial charge in [-0.25, -0.2) is 0 Å². The molecule has 2 heteroatoms. The molecule has 0 heterocycles. The van der Waals surface area contributed by atoms with Crippen molar-refractivity contribution >= 4 is 0 Å². The highest BCUT2D eigenvalue weighted by molar-refractivity contribution is 5.39. The molecule has 2 unspecified atom stereocenters. The summed E-state index contributed by atoms with van der Waals surface area (Å²) in [6, 6.07) is 9.33. The first-order valence-electron chi connectivity index (χ1n) is 6.40. The summed E-state index contributed by atoms with van der Waals surface area (Å²) in [5, 5.41) is 0. The van der Waals surface area contributed by atoms with Crippen LogP contribution >= 0.6 is 0 Å². The lowest BCUT2D eigenvalue weighted by Crippen LogP contribution is -2.38. The quantitative estimate of drug-likeness (QED) is 0.585. The van der Waals surface area contributed by atoms with Gasteiger partial charge in [0.1, 0.15) is 0 Å². The van der Waals surface area contributed by atoms with Crippen molar-refractivity contribution in [2.45, 2.75) is 44.1 Å². The van der Waals surface area contributed by atoms with Crippen molar-refractivity contribution in [1.29, 1.82) is 0 Å². The van der Waals surface area contributed by atoms with Crippen molar-refractivity contribution in [3.8, 4) is 0 Å². The predicted molar refractivity (Wildman–Crippen MR) is 66.0 cm³/mol. The summed E-state index contributed by atoms with van der Waals surface area (Å²) in [5.41, 5.74) is 6.09. The summed E-state index contributed by atoms with van der Waals surface area (Å²) in [6.07, 6.45) is 6.57. The van der Waals surface area contributed by atoms with E-state index in [1.54, 1.807) is 5.56 Å². The number of nitrogens with two attached hydrogens (primary N) is 1. The number of nitrogens with one attached hydrogen (secondary N) is 1. The smallest absolute Gasteiger partial charge is 0.0219 e. The van der Waals surface area contributed by atoms with Gasteiger partial charge in [-0.3, -0.25) is 11.3 Å². The highest BCUT2D eigenvalue weighted by Crippen LogP contribution is 2.40. The van der Waals surface area contributed by atoms with Crippen LogP contribution in [0.15, 0.2) is 24.3 Å². The van der Waals surface area contributed by atoms with E-state index in [0.29, 0.717) is 6.04 Å². The van der Waals surface area contributed by atoms with Crippen LogP contribution in [0.25, 0.3) is 0 Å². The van der Waals surface area contributed by atoms with E-state index in [0.717, 1.165) is 11.8 Å². The fourth-order valence-electron chi connectivity index (χ4n) is 2.90. The Morgan fingerprint density at radius 3 is 2.75 bits per heavy atom. The van der Waals surface area contributed by atoms with E-state index in [1.807, 2.05) is 0 Å². The van der Waals surface area contributed by atoms with Gasteiger partial charge in [0, 0.05) is 6.04 Å². The van der Waals surface area contributed by atoms with Crippen LogP contribution in [0.5, 0.6) is 0 Å². The molecule has 3 rings (SSSR count). The topological polar surface area (TPSA) is 38.0 Å². The number of hydrogen-bond acceptors (Lipinski definition) is 2. The Kier molecular flexibility index (Phi) is 2.70. The van der Waals surface area contributed by atoms with Crippen LogP contribution in [0.4, 0.5) is 0 Å². The molecule has 2 nitrogen and oxygen atoms in total. The summed E-state index contributed by atoms with van der Waals surface area (Å²) in [5.74, 6) is 7.35. The molecule has 86 valence electrons. The molecular formula is C14H20N2. The minimum atomic E-state index is 0.519. The first kappa shape index (κ1) is 10.3. The van der Waals surface area contributed by atoms with E-state index in [-0.39, 0.29) is 0 Å². The van der Waals surface area contributed by atoms with Crippen molar-refractivity contribution in [2.24, 2.45) is 11.8 Å². The average Bonchev–Trinajstić information content (AvgIpc) is 3.08. The SMILES string of the molecule is NNC(CC1CC1)CC1Cc2ccccc21. The van der Waals surface area contributed by atoms with Crippen molar-refractivity contribution in [3.05, 3.63) is 35.4 Å². The van der Waals surface area contributed by atoms with Crippen LogP contribution in [0.3, 0.4) is 0 Å². The molecule has 0 aliphatic heterocycles. The second kappa shape index (κ2) is 4.19. The molecule has 2 aliphatic rings. The third kappa shape index (κ3) is 2.00. The molecule has 2 aliphatic carbocycles. The lowest BCUT2D eigenvalue weighted by Gasteiger charge is -2.33. The van der Waals surface area contributed by atoms with E-state index in [2.05, 4.69) is 29.7 Å². The van der Waals surface area contributed by atoms with E-state index < -0.39 is 0 Å². The maximum atomic E-state index is 5.65. The largest absolute Gasteiger partial charge is 0.271 e. The van der Waals surface area contributed by atoms with E-state index in [1.165, 1.54) is 37.7 Å². The van der Waals surface area contributed by atoms with Crippen LogP contribution in [0, 0.1) is 5.92 Å². The fourth-order valence-corrected chi connectivity index (χ4v) is 2.90. The van der Waals surface area contributed by atoms with Gasteiger partial charge in [-0.15, -0.1) is 0 Å². The number of benzene rings is 1. The molecule has 0 aromatic heterocycles. The minimum Gasteiger partial charge on any atom is -0.271 e. The van der Waals surface area contributed by atoms with Crippen molar-refractivity contribution in [1.82, 2.24) is 5.43 Å². The number of hydrazine groups is 1. The van der Waals surface area contributed by atoms with Crippen LogP contribution in [-0.2, 0) is 6.42 Å². The van der Waals surface area contributed by atoms with Crippen molar-refractivity contribution in [2.75, 3.05) is 0 Å². The summed E-state index contributed by atoms with van der Waals surface area (Å²) < 4.78 is 0.